The molecule has 0 aliphatic carbocycles. The first kappa shape index (κ1) is 15.3. The van der Waals surface area contributed by atoms with Gasteiger partial charge in [0, 0.05) is 22.7 Å². The maximum atomic E-state index is 12.2. The summed E-state index contributed by atoms with van der Waals surface area (Å²) in [5.74, 6) is -0.0120. The van der Waals surface area contributed by atoms with Gasteiger partial charge in [-0.1, -0.05) is 46.3 Å². The number of halogens is 1. The Kier molecular flexibility index (Phi) is 4.90. The number of ether oxygens (including phenoxy) is 1. The van der Waals surface area contributed by atoms with Gasteiger partial charge in [0.25, 0.3) is 5.91 Å². The van der Waals surface area contributed by atoms with Crippen LogP contribution < -0.4 is 5.32 Å². The molecule has 0 bridgehead atoms. The summed E-state index contributed by atoms with van der Waals surface area (Å²) in [6.07, 6.45) is 1.70. The van der Waals surface area contributed by atoms with Crippen LogP contribution in [0, 0.1) is 0 Å². The van der Waals surface area contributed by atoms with Crippen molar-refractivity contribution in [2.24, 2.45) is 0 Å². The molecular formula is C18H18BrNO2. The van der Waals surface area contributed by atoms with Crippen LogP contribution >= 0.6 is 15.9 Å². The number of benzene rings is 2. The van der Waals surface area contributed by atoms with Crippen molar-refractivity contribution < 1.29 is 9.53 Å². The van der Waals surface area contributed by atoms with E-state index in [9.17, 15) is 4.79 Å². The van der Waals surface area contributed by atoms with E-state index in [0.29, 0.717) is 12.2 Å². The molecule has 1 aliphatic rings. The molecule has 2 aromatic rings. The fraction of sp³-hybridized carbons (Fsp3) is 0.278. The van der Waals surface area contributed by atoms with Gasteiger partial charge in [0.05, 0.1) is 6.10 Å². The summed E-state index contributed by atoms with van der Waals surface area (Å²) in [5.41, 5.74) is 1.86. The van der Waals surface area contributed by atoms with Crippen molar-refractivity contribution in [2.75, 3.05) is 6.61 Å². The standard InChI is InChI=1S/C18H18BrNO2/c19-15-8-6-13(7-9-15)17-12-16(10-11-22-17)20-18(21)14-4-2-1-3-5-14/h1-9,16-17H,10-12H2,(H,20,21)/t16-,17-/m0/s1. The first-order valence-electron chi connectivity index (χ1n) is 7.45. The molecule has 3 nitrogen and oxygen atoms in total. The van der Waals surface area contributed by atoms with Crippen LogP contribution in [0.1, 0.15) is 34.9 Å². The number of carbonyl (C=O) groups is 1. The highest BCUT2D eigenvalue weighted by Gasteiger charge is 2.25. The molecule has 1 fully saturated rings. The molecule has 1 saturated heterocycles. The third-order valence-electron chi connectivity index (χ3n) is 3.90. The molecule has 0 unspecified atom stereocenters. The molecule has 2 atom stereocenters. The summed E-state index contributed by atoms with van der Waals surface area (Å²) in [6.45, 7) is 0.667. The number of hydrogen-bond donors (Lipinski definition) is 1. The highest BCUT2D eigenvalue weighted by molar-refractivity contribution is 9.10. The van der Waals surface area contributed by atoms with Crippen molar-refractivity contribution in [2.45, 2.75) is 25.0 Å². The third kappa shape index (κ3) is 3.76. The summed E-state index contributed by atoms with van der Waals surface area (Å²) in [7, 11) is 0. The normalized spacial score (nSPS) is 21.3. The van der Waals surface area contributed by atoms with Crippen molar-refractivity contribution in [1.82, 2.24) is 5.32 Å². The first-order valence-corrected chi connectivity index (χ1v) is 8.24. The molecule has 1 N–H and O–H groups in total. The van der Waals surface area contributed by atoms with E-state index in [2.05, 4.69) is 33.4 Å². The predicted octanol–water partition coefficient (Wildman–Crippen LogP) is 4.10. The van der Waals surface area contributed by atoms with E-state index in [-0.39, 0.29) is 18.1 Å². The zero-order valence-corrected chi connectivity index (χ0v) is 13.8. The topological polar surface area (TPSA) is 38.3 Å². The third-order valence-corrected chi connectivity index (χ3v) is 4.43. The number of hydrogen-bond acceptors (Lipinski definition) is 2. The summed E-state index contributed by atoms with van der Waals surface area (Å²) in [4.78, 5) is 12.2. The number of carbonyl (C=O) groups excluding carboxylic acids is 1. The zero-order valence-electron chi connectivity index (χ0n) is 12.2. The van der Waals surface area contributed by atoms with Crippen LogP contribution in [0.5, 0.6) is 0 Å². The van der Waals surface area contributed by atoms with Gasteiger partial charge < -0.3 is 10.1 Å². The van der Waals surface area contributed by atoms with Crippen molar-refractivity contribution in [3.8, 4) is 0 Å². The van der Waals surface area contributed by atoms with Gasteiger partial charge in [-0.25, -0.2) is 0 Å². The molecule has 22 heavy (non-hydrogen) atoms. The highest BCUT2D eigenvalue weighted by Crippen LogP contribution is 2.29. The second-order valence-corrected chi connectivity index (χ2v) is 6.39. The van der Waals surface area contributed by atoms with Gasteiger partial charge in [-0.3, -0.25) is 4.79 Å². The van der Waals surface area contributed by atoms with E-state index in [1.807, 2.05) is 42.5 Å². The molecule has 0 radical (unpaired) electrons. The smallest absolute Gasteiger partial charge is 0.251 e. The first-order chi connectivity index (χ1) is 10.7. The van der Waals surface area contributed by atoms with Gasteiger partial charge in [0.15, 0.2) is 0 Å². The Balaban J connectivity index is 1.63. The number of nitrogens with one attached hydrogen (secondary N) is 1. The Hall–Kier alpha value is -1.65. The van der Waals surface area contributed by atoms with E-state index in [0.717, 1.165) is 22.9 Å². The van der Waals surface area contributed by atoms with Crippen LogP contribution in [0.2, 0.25) is 0 Å². The Morgan fingerprint density at radius 3 is 2.55 bits per heavy atom. The molecule has 2 aromatic carbocycles. The molecule has 1 heterocycles. The van der Waals surface area contributed by atoms with Crippen LogP contribution in [0.15, 0.2) is 59.1 Å². The van der Waals surface area contributed by atoms with Crippen LogP contribution in [0.4, 0.5) is 0 Å². The monoisotopic (exact) mass is 359 g/mol. The molecule has 4 heteroatoms. The second-order valence-electron chi connectivity index (χ2n) is 5.47. The molecule has 3 rings (SSSR count). The fourth-order valence-corrected chi connectivity index (χ4v) is 2.96. The highest BCUT2D eigenvalue weighted by atomic mass is 79.9. The van der Waals surface area contributed by atoms with Crippen LogP contribution in [-0.2, 0) is 4.74 Å². The lowest BCUT2D eigenvalue weighted by Gasteiger charge is -2.30. The van der Waals surface area contributed by atoms with E-state index >= 15 is 0 Å². The van der Waals surface area contributed by atoms with Crippen molar-refractivity contribution in [1.29, 1.82) is 0 Å². The predicted molar refractivity (Wildman–Crippen MR) is 89.8 cm³/mol. The van der Waals surface area contributed by atoms with E-state index in [4.69, 9.17) is 4.74 Å². The molecule has 0 aromatic heterocycles. The molecule has 0 spiro atoms. The number of rotatable bonds is 3. The van der Waals surface area contributed by atoms with Gasteiger partial charge in [-0.2, -0.15) is 0 Å². The lowest BCUT2D eigenvalue weighted by molar-refractivity contribution is 0.000899. The fourth-order valence-electron chi connectivity index (χ4n) is 2.70. The summed E-state index contributed by atoms with van der Waals surface area (Å²) in [6, 6.07) is 17.7. The van der Waals surface area contributed by atoms with Crippen molar-refractivity contribution >= 4 is 21.8 Å². The van der Waals surface area contributed by atoms with Gasteiger partial charge in [-0.15, -0.1) is 0 Å². The average Bonchev–Trinajstić information content (AvgIpc) is 2.56. The van der Waals surface area contributed by atoms with Gasteiger partial charge in [0.1, 0.15) is 0 Å². The van der Waals surface area contributed by atoms with Gasteiger partial charge >= 0.3 is 0 Å². The molecule has 114 valence electrons. The van der Waals surface area contributed by atoms with E-state index in [1.165, 1.54) is 0 Å². The molecular weight excluding hydrogens is 342 g/mol. The van der Waals surface area contributed by atoms with Crippen molar-refractivity contribution in [3.05, 3.63) is 70.2 Å². The minimum atomic E-state index is -0.0120. The van der Waals surface area contributed by atoms with E-state index in [1.54, 1.807) is 0 Å². The SMILES string of the molecule is O=C(N[C@H]1CCO[C@H](c2ccc(Br)cc2)C1)c1ccccc1. The summed E-state index contributed by atoms with van der Waals surface area (Å²) < 4.78 is 6.91. The van der Waals surface area contributed by atoms with Crippen molar-refractivity contribution in [3.63, 3.8) is 0 Å². The summed E-state index contributed by atoms with van der Waals surface area (Å²) in [5, 5.41) is 3.12. The van der Waals surface area contributed by atoms with Crippen LogP contribution in [0.25, 0.3) is 0 Å². The Morgan fingerprint density at radius 2 is 1.82 bits per heavy atom. The zero-order chi connectivity index (χ0) is 15.4. The average molecular weight is 360 g/mol. The van der Waals surface area contributed by atoms with Crippen LogP contribution in [-0.4, -0.2) is 18.6 Å². The summed E-state index contributed by atoms with van der Waals surface area (Å²) >= 11 is 3.44. The van der Waals surface area contributed by atoms with E-state index < -0.39 is 0 Å². The largest absolute Gasteiger partial charge is 0.373 e. The molecule has 0 saturated carbocycles. The lowest BCUT2D eigenvalue weighted by atomic mass is 9.97. The molecule has 1 aliphatic heterocycles. The minimum absolute atomic E-state index is 0.0120. The Morgan fingerprint density at radius 1 is 1.09 bits per heavy atom. The Labute approximate surface area is 138 Å². The van der Waals surface area contributed by atoms with Crippen LogP contribution in [0.3, 0.4) is 0 Å². The lowest BCUT2D eigenvalue weighted by Crippen LogP contribution is -2.39. The minimum Gasteiger partial charge on any atom is -0.373 e. The molecule has 1 amide bonds. The number of amides is 1. The Bertz CT molecular complexity index is 627. The second kappa shape index (κ2) is 7.07. The maximum absolute atomic E-state index is 12.2. The quantitative estimate of drug-likeness (QED) is 0.895. The maximum Gasteiger partial charge on any atom is 0.251 e. The van der Waals surface area contributed by atoms with Gasteiger partial charge in [-0.05, 0) is 42.7 Å². The van der Waals surface area contributed by atoms with Gasteiger partial charge in [0.2, 0.25) is 0 Å².